The van der Waals surface area contributed by atoms with Gasteiger partial charge in [0.1, 0.15) is 10.8 Å². The first-order valence-electron chi connectivity index (χ1n) is 6.37. The Balaban J connectivity index is 2.34. The van der Waals surface area contributed by atoms with Gasteiger partial charge in [-0.25, -0.2) is 9.97 Å². The summed E-state index contributed by atoms with van der Waals surface area (Å²) in [5, 5.41) is 0.492. The zero-order valence-corrected chi connectivity index (χ0v) is 11.7. The van der Waals surface area contributed by atoms with Gasteiger partial charge in [-0.3, -0.25) is 0 Å². The average molecular weight is 271 g/mol. The minimum atomic E-state index is -0.439. The number of aryl methyl sites for hydroxylation is 1. The van der Waals surface area contributed by atoms with Crippen molar-refractivity contribution < 1.29 is 9.47 Å². The van der Waals surface area contributed by atoms with Gasteiger partial charge in [0.05, 0.1) is 0 Å². The first-order chi connectivity index (χ1) is 8.70. The standard InChI is InChI=1S/C13H19ClN2O2/c1-3-4-10-9-11(14)16-12(15-10)13(17-2)5-7-18-8-6-13/h9H,3-8H2,1-2H3. The Hall–Kier alpha value is -0.710. The lowest BCUT2D eigenvalue weighted by molar-refractivity contribution is -0.100. The molecule has 0 unspecified atom stereocenters. The Kier molecular flexibility index (Phi) is 4.54. The number of hydrogen-bond acceptors (Lipinski definition) is 4. The Morgan fingerprint density at radius 2 is 2.11 bits per heavy atom. The third-order valence-electron chi connectivity index (χ3n) is 3.35. The van der Waals surface area contributed by atoms with Crippen LogP contribution in [0.4, 0.5) is 0 Å². The van der Waals surface area contributed by atoms with Crippen LogP contribution in [0, 0.1) is 0 Å². The summed E-state index contributed by atoms with van der Waals surface area (Å²) >= 11 is 6.09. The molecule has 1 saturated heterocycles. The summed E-state index contributed by atoms with van der Waals surface area (Å²) in [6, 6.07) is 1.83. The maximum Gasteiger partial charge on any atom is 0.162 e. The van der Waals surface area contributed by atoms with Crippen molar-refractivity contribution in [1.82, 2.24) is 9.97 Å². The van der Waals surface area contributed by atoms with Gasteiger partial charge in [0.15, 0.2) is 5.82 Å². The molecule has 1 aliphatic rings. The van der Waals surface area contributed by atoms with Crippen LogP contribution in [-0.4, -0.2) is 30.3 Å². The van der Waals surface area contributed by atoms with Gasteiger partial charge in [0.2, 0.25) is 0 Å². The quantitative estimate of drug-likeness (QED) is 0.789. The molecule has 1 aliphatic heterocycles. The predicted molar refractivity (Wildman–Crippen MR) is 69.8 cm³/mol. The minimum Gasteiger partial charge on any atom is -0.381 e. The van der Waals surface area contributed by atoms with Crippen LogP contribution in [0.1, 0.15) is 37.7 Å². The van der Waals surface area contributed by atoms with Crippen LogP contribution < -0.4 is 0 Å². The second kappa shape index (κ2) is 5.95. The molecule has 2 rings (SSSR count). The second-order valence-corrected chi connectivity index (χ2v) is 4.95. The van der Waals surface area contributed by atoms with Crippen LogP contribution in [0.15, 0.2) is 6.07 Å². The van der Waals surface area contributed by atoms with Crippen LogP contribution in [0.2, 0.25) is 5.15 Å². The third kappa shape index (κ3) is 2.82. The predicted octanol–water partition coefficient (Wildman–Crippen LogP) is 2.73. The molecule has 2 heterocycles. The highest BCUT2D eigenvalue weighted by atomic mass is 35.5. The zero-order valence-electron chi connectivity index (χ0n) is 10.9. The molecule has 0 aliphatic carbocycles. The minimum absolute atomic E-state index is 0.439. The van der Waals surface area contributed by atoms with E-state index in [1.165, 1.54) is 0 Å². The van der Waals surface area contributed by atoms with Crippen molar-refractivity contribution in [2.75, 3.05) is 20.3 Å². The van der Waals surface area contributed by atoms with Crippen LogP contribution >= 0.6 is 11.6 Å². The van der Waals surface area contributed by atoms with Gasteiger partial charge in [-0.2, -0.15) is 0 Å². The Morgan fingerprint density at radius 1 is 1.39 bits per heavy atom. The number of rotatable bonds is 4. The smallest absolute Gasteiger partial charge is 0.162 e. The summed E-state index contributed by atoms with van der Waals surface area (Å²) in [6.45, 7) is 3.47. The van der Waals surface area contributed by atoms with Gasteiger partial charge in [0.25, 0.3) is 0 Å². The van der Waals surface area contributed by atoms with E-state index in [1.54, 1.807) is 7.11 Å². The van der Waals surface area contributed by atoms with Crippen molar-refractivity contribution in [3.63, 3.8) is 0 Å². The summed E-state index contributed by atoms with van der Waals surface area (Å²) in [5.41, 5.74) is 0.543. The van der Waals surface area contributed by atoms with Crippen LogP contribution in [0.3, 0.4) is 0 Å². The van der Waals surface area contributed by atoms with Gasteiger partial charge in [-0.15, -0.1) is 0 Å². The number of halogens is 1. The van der Waals surface area contributed by atoms with Crippen molar-refractivity contribution in [3.8, 4) is 0 Å². The Labute approximate surface area is 113 Å². The highest BCUT2D eigenvalue weighted by Crippen LogP contribution is 2.34. The van der Waals surface area contributed by atoms with Crippen LogP contribution in [0.5, 0.6) is 0 Å². The van der Waals surface area contributed by atoms with E-state index in [0.717, 1.165) is 31.4 Å². The highest BCUT2D eigenvalue weighted by Gasteiger charge is 2.37. The molecular weight excluding hydrogens is 252 g/mol. The summed E-state index contributed by atoms with van der Waals surface area (Å²) in [7, 11) is 1.70. The number of hydrogen-bond donors (Lipinski definition) is 0. The average Bonchev–Trinajstić information content (AvgIpc) is 2.39. The van der Waals surface area contributed by atoms with Crippen LogP contribution in [-0.2, 0) is 21.5 Å². The van der Waals surface area contributed by atoms with E-state index in [0.29, 0.717) is 24.2 Å². The molecule has 0 bridgehead atoms. The lowest BCUT2D eigenvalue weighted by atomic mass is 9.93. The van der Waals surface area contributed by atoms with Crippen molar-refractivity contribution >= 4 is 11.6 Å². The largest absolute Gasteiger partial charge is 0.381 e. The topological polar surface area (TPSA) is 44.2 Å². The van der Waals surface area contributed by atoms with Crippen LogP contribution in [0.25, 0.3) is 0 Å². The molecule has 100 valence electrons. The maximum absolute atomic E-state index is 6.09. The molecule has 0 spiro atoms. The molecule has 5 heteroatoms. The van der Waals surface area contributed by atoms with Crippen molar-refractivity contribution in [1.29, 1.82) is 0 Å². The van der Waals surface area contributed by atoms with E-state index in [1.807, 2.05) is 6.07 Å². The fraction of sp³-hybridized carbons (Fsp3) is 0.692. The molecule has 0 N–H and O–H groups in total. The summed E-state index contributed by atoms with van der Waals surface area (Å²) in [6.07, 6.45) is 3.49. The molecule has 0 radical (unpaired) electrons. The van der Waals surface area contributed by atoms with E-state index < -0.39 is 5.60 Å². The third-order valence-corrected chi connectivity index (χ3v) is 3.55. The summed E-state index contributed by atoms with van der Waals surface area (Å²) in [4.78, 5) is 8.97. The lowest BCUT2D eigenvalue weighted by Crippen LogP contribution is -2.37. The van der Waals surface area contributed by atoms with Gasteiger partial charge in [0, 0.05) is 38.9 Å². The first-order valence-corrected chi connectivity index (χ1v) is 6.75. The van der Waals surface area contributed by atoms with E-state index in [4.69, 9.17) is 21.1 Å². The highest BCUT2D eigenvalue weighted by molar-refractivity contribution is 6.29. The molecule has 1 aromatic rings. The van der Waals surface area contributed by atoms with Gasteiger partial charge >= 0.3 is 0 Å². The number of methoxy groups -OCH3 is 1. The number of nitrogens with zero attached hydrogens (tertiary/aromatic N) is 2. The molecule has 1 fully saturated rings. The molecule has 18 heavy (non-hydrogen) atoms. The molecule has 0 aromatic carbocycles. The summed E-state index contributed by atoms with van der Waals surface area (Å²) < 4.78 is 11.1. The SMILES string of the molecule is CCCc1cc(Cl)nc(C2(OC)CCOCC2)n1. The molecule has 0 saturated carbocycles. The Bertz CT molecular complexity index is 406. The molecule has 0 amide bonds. The van der Waals surface area contributed by atoms with Gasteiger partial charge in [-0.05, 0) is 12.5 Å². The first kappa shape index (κ1) is 13.7. The van der Waals surface area contributed by atoms with E-state index in [-0.39, 0.29) is 0 Å². The van der Waals surface area contributed by atoms with Gasteiger partial charge < -0.3 is 9.47 Å². The fourth-order valence-electron chi connectivity index (χ4n) is 2.27. The van der Waals surface area contributed by atoms with E-state index in [2.05, 4.69) is 16.9 Å². The monoisotopic (exact) mass is 270 g/mol. The van der Waals surface area contributed by atoms with Crippen molar-refractivity contribution in [3.05, 3.63) is 22.7 Å². The van der Waals surface area contributed by atoms with E-state index in [9.17, 15) is 0 Å². The fourth-order valence-corrected chi connectivity index (χ4v) is 2.48. The molecule has 0 atom stereocenters. The molecular formula is C13H19ClN2O2. The second-order valence-electron chi connectivity index (χ2n) is 4.57. The Morgan fingerprint density at radius 3 is 2.72 bits per heavy atom. The molecule has 1 aromatic heterocycles. The zero-order chi connectivity index (χ0) is 13.0. The van der Waals surface area contributed by atoms with E-state index >= 15 is 0 Å². The van der Waals surface area contributed by atoms with Crippen molar-refractivity contribution in [2.24, 2.45) is 0 Å². The molecule has 4 nitrogen and oxygen atoms in total. The summed E-state index contributed by atoms with van der Waals surface area (Å²) in [5.74, 6) is 0.698. The number of aromatic nitrogens is 2. The lowest BCUT2D eigenvalue weighted by Gasteiger charge is -2.34. The van der Waals surface area contributed by atoms with Crippen molar-refractivity contribution in [2.45, 2.75) is 38.2 Å². The normalized spacial score (nSPS) is 18.8. The number of ether oxygens (including phenoxy) is 2. The van der Waals surface area contributed by atoms with Gasteiger partial charge in [-0.1, -0.05) is 24.9 Å². The maximum atomic E-state index is 6.09.